The maximum atomic E-state index is 6.17. The summed E-state index contributed by atoms with van der Waals surface area (Å²) in [6, 6.07) is 9.07. The zero-order valence-electron chi connectivity index (χ0n) is 17.0. The van der Waals surface area contributed by atoms with Gasteiger partial charge in [-0.15, -0.1) is 0 Å². The standard InChI is InChI=1S/C24H34N2/c1-6-9-10-11-22-16-23(18(5)26-24(22)25)15-21-13-12-20(17(4)7-2)14-19(21)8-3/h12-14,16H,4,6-11,15H2,1-3,5H3,(H2,25,26). The number of benzene rings is 1. The first-order valence-corrected chi connectivity index (χ1v) is 10.0. The highest BCUT2D eigenvalue weighted by Gasteiger charge is 2.11. The number of unbranched alkanes of at least 4 members (excludes halogenated alkanes) is 2. The van der Waals surface area contributed by atoms with Crippen molar-refractivity contribution in [2.24, 2.45) is 0 Å². The molecule has 0 spiro atoms. The Hall–Kier alpha value is -2.09. The number of pyridine rings is 1. The lowest BCUT2D eigenvalue weighted by Crippen LogP contribution is -2.05. The molecule has 0 aliphatic rings. The highest BCUT2D eigenvalue weighted by Crippen LogP contribution is 2.25. The van der Waals surface area contributed by atoms with Crippen LogP contribution in [0.25, 0.3) is 5.57 Å². The van der Waals surface area contributed by atoms with E-state index in [1.807, 2.05) is 0 Å². The molecule has 2 nitrogen and oxygen atoms in total. The predicted octanol–water partition coefficient (Wildman–Crippen LogP) is 6.28. The number of aryl methyl sites for hydroxylation is 3. The normalized spacial score (nSPS) is 10.9. The summed E-state index contributed by atoms with van der Waals surface area (Å²) in [5.41, 5.74) is 15.0. The summed E-state index contributed by atoms with van der Waals surface area (Å²) >= 11 is 0. The van der Waals surface area contributed by atoms with Crippen molar-refractivity contribution in [1.29, 1.82) is 0 Å². The SMILES string of the molecule is C=C(CC)c1ccc(Cc2cc(CCCCC)c(N)nc2C)c(CC)c1. The average Bonchev–Trinajstić information content (AvgIpc) is 2.64. The molecule has 0 aliphatic carbocycles. The number of hydrogen-bond acceptors (Lipinski definition) is 2. The van der Waals surface area contributed by atoms with E-state index in [-0.39, 0.29) is 0 Å². The molecule has 0 amide bonds. The fourth-order valence-electron chi connectivity index (χ4n) is 3.41. The predicted molar refractivity (Wildman–Crippen MR) is 115 cm³/mol. The van der Waals surface area contributed by atoms with Gasteiger partial charge >= 0.3 is 0 Å². The summed E-state index contributed by atoms with van der Waals surface area (Å²) in [5, 5.41) is 0. The Morgan fingerprint density at radius 3 is 2.42 bits per heavy atom. The molecule has 0 radical (unpaired) electrons. The molecular weight excluding hydrogens is 316 g/mol. The molecule has 26 heavy (non-hydrogen) atoms. The van der Waals surface area contributed by atoms with Crippen LogP contribution in [-0.2, 0) is 19.3 Å². The van der Waals surface area contributed by atoms with Gasteiger partial charge in [0, 0.05) is 5.69 Å². The molecule has 2 rings (SSSR count). The minimum Gasteiger partial charge on any atom is -0.383 e. The molecule has 0 fully saturated rings. The first kappa shape index (κ1) is 20.2. The Kier molecular flexibility index (Phi) is 7.44. The number of nitrogens with zero attached hydrogens (tertiary/aromatic N) is 1. The Labute approximate surface area is 159 Å². The van der Waals surface area contributed by atoms with Crippen LogP contribution in [0.4, 0.5) is 5.82 Å². The zero-order valence-corrected chi connectivity index (χ0v) is 17.0. The summed E-state index contributed by atoms with van der Waals surface area (Å²) in [6.45, 7) is 12.9. The quantitative estimate of drug-likeness (QED) is 0.540. The van der Waals surface area contributed by atoms with Gasteiger partial charge in [0.25, 0.3) is 0 Å². The van der Waals surface area contributed by atoms with Crippen LogP contribution in [0, 0.1) is 6.92 Å². The molecular formula is C24H34N2. The van der Waals surface area contributed by atoms with Gasteiger partial charge in [-0.3, -0.25) is 0 Å². The number of nitrogen functional groups attached to an aromatic ring is 1. The lowest BCUT2D eigenvalue weighted by Gasteiger charge is -2.15. The van der Waals surface area contributed by atoms with Gasteiger partial charge in [0.1, 0.15) is 5.82 Å². The van der Waals surface area contributed by atoms with Crippen molar-refractivity contribution in [3.05, 3.63) is 64.4 Å². The first-order valence-electron chi connectivity index (χ1n) is 10.0. The molecule has 1 aromatic heterocycles. The molecule has 1 aromatic carbocycles. The molecule has 0 aliphatic heterocycles. The molecule has 140 valence electrons. The monoisotopic (exact) mass is 350 g/mol. The van der Waals surface area contributed by atoms with Crippen LogP contribution in [0.2, 0.25) is 0 Å². The van der Waals surface area contributed by atoms with Gasteiger partial charge in [0.2, 0.25) is 0 Å². The third kappa shape index (κ3) is 4.97. The number of aromatic nitrogens is 1. The Morgan fingerprint density at radius 2 is 1.77 bits per heavy atom. The molecule has 0 unspecified atom stereocenters. The van der Waals surface area contributed by atoms with E-state index < -0.39 is 0 Å². The highest BCUT2D eigenvalue weighted by molar-refractivity contribution is 5.64. The van der Waals surface area contributed by atoms with Gasteiger partial charge in [0.05, 0.1) is 0 Å². The van der Waals surface area contributed by atoms with E-state index >= 15 is 0 Å². The van der Waals surface area contributed by atoms with Crippen LogP contribution >= 0.6 is 0 Å². The molecule has 0 saturated carbocycles. The van der Waals surface area contributed by atoms with Gasteiger partial charge in [-0.05, 0) is 72.4 Å². The second-order valence-electron chi connectivity index (χ2n) is 7.21. The van der Waals surface area contributed by atoms with Crippen molar-refractivity contribution < 1.29 is 0 Å². The highest BCUT2D eigenvalue weighted by atomic mass is 14.8. The van der Waals surface area contributed by atoms with E-state index in [0.29, 0.717) is 5.82 Å². The van der Waals surface area contributed by atoms with E-state index in [9.17, 15) is 0 Å². The number of hydrogen-bond donors (Lipinski definition) is 1. The number of rotatable bonds is 9. The van der Waals surface area contributed by atoms with Crippen LogP contribution in [0.5, 0.6) is 0 Å². The van der Waals surface area contributed by atoms with Crippen molar-refractivity contribution in [2.75, 3.05) is 5.73 Å². The first-order chi connectivity index (χ1) is 12.5. The topological polar surface area (TPSA) is 38.9 Å². The van der Waals surface area contributed by atoms with Crippen LogP contribution in [0.1, 0.15) is 80.0 Å². The van der Waals surface area contributed by atoms with E-state index in [1.54, 1.807) is 0 Å². The molecule has 0 saturated heterocycles. The summed E-state index contributed by atoms with van der Waals surface area (Å²) in [4.78, 5) is 4.63. The molecule has 2 heteroatoms. The summed E-state index contributed by atoms with van der Waals surface area (Å²) in [7, 11) is 0. The van der Waals surface area contributed by atoms with E-state index in [1.165, 1.54) is 52.7 Å². The largest absolute Gasteiger partial charge is 0.383 e. The fourth-order valence-corrected chi connectivity index (χ4v) is 3.41. The van der Waals surface area contributed by atoms with Gasteiger partial charge in [-0.2, -0.15) is 0 Å². The third-order valence-electron chi connectivity index (χ3n) is 5.28. The Balaban J connectivity index is 2.29. The summed E-state index contributed by atoms with van der Waals surface area (Å²) in [5.74, 6) is 0.702. The van der Waals surface area contributed by atoms with Gasteiger partial charge in [-0.1, -0.05) is 64.5 Å². The second-order valence-corrected chi connectivity index (χ2v) is 7.21. The molecule has 1 heterocycles. The molecule has 2 aromatic rings. The number of allylic oxidation sites excluding steroid dienone is 1. The lowest BCUT2D eigenvalue weighted by atomic mass is 9.92. The second kappa shape index (κ2) is 9.56. The zero-order chi connectivity index (χ0) is 19.1. The number of anilines is 1. The van der Waals surface area contributed by atoms with Crippen molar-refractivity contribution in [1.82, 2.24) is 4.98 Å². The van der Waals surface area contributed by atoms with E-state index in [4.69, 9.17) is 5.73 Å². The minimum atomic E-state index is 0.702. The van der Waals surface area contributed by atoms with Crippen LogP contribution in [-0.4, -0.2) is 4.98 Å². The smallest absolute Gasteiger partial charge is 0.126 e. The van der Waals surface area contributed by atoms with Gasteiger partial charge in [0.15, 0.2) is 0 Å². The lowest BCUT2D eigenvalue weighted by molar-refractivity contribution is 0.716. The van der Waals surface area contributed by atoms with E-state index in [0.717, 1.165) is 31.4 Å². The van der Waals surface area contributed by atoms with Crippen molar-refractivity contribution in [3.8, 4) is 0 Å². The van der Waals surface area contributed by atoms with Crippen LogP contribution < -0.4 is 5.73 Å². The van der Waals surface area contributed by atoms with Crippen molar-refractivity contribution in [2.45, 2.75) is 72.6 Å². The van der Waals surface area contributed by atoms with Gasteiger partial charge < -0.3 is 5.73 Å². The Bertz CT molecular complexity index is 759. The number of nitrogens with two attached hydrogens (primary N) is 1. The third-order valence-corrected chi connectivity index (χ3v) is 5.28. The van der Waals surface area contributed by atoms with Crippen molar-refractivity contribution >= 4 is 11.4 Å². The molecule has 0 bridgehead atoms. The van der Waals surface area contributed by atoms with E-state index in [2.05, 4.69) is 63.5 Å². The summed E-state index contributed by atoms with van der Waals surface area (Å²) in [6.07, 6.45) is 7.61. The Morgan fingerprint density at radius 1 is 1.00 bits per heavy atom. The van der Waals surface area contributed by atoms with Crippen LogP contribution in [0.3, 0.4) is 0 Å². The minimum absolute atomic E-state index is 0.702. The molecule has 2 N–H and O–H groups in total. The van der Waals surface area contributed by atoms with Crippen LogP contribution in [0.15, 0.2) is 30.8 Å². The summed E-state index contributed by atoms with van der Waals surface area (Å²) < 4.78 is 0. The maximum absolute atomic E-state index is 6.17. The average molecular weight is 351 g/mol. The van der Waals surface area contributed by atoms with Crippen molar-refractivity contribution in [3.63, 3.8) is 0 Å². The molecule has 0 atom stereocenters. The maximum Gasteiger partial charge on any atom is 0.126 e. The fraction of sp³-hybridized carbons (Fsp3) is 0.458. The van der Waals surface area contributed by atoms with Gasteiger partial charge in [-0.25, -0.2) is 4.98 Å².